The number of carbonyl (C=O) groups is 1. The van der Waals surface area contributed by atoms with E-state index in [1.165, 1.54) is 25.5 Å². The van der Waals surface area contributed by atoms with E-state index in [0.29, 0.717) is 28.5 Å². The molecule has 6 heteroatoms. The van der Waals surface area contributed by atoms with Crippen molar-refractivity contribution in [2.45, 2.75) is 44.8 Å². The maximum atomic E-state index is 11.2. The van der Waals surface area contributed by atoms with Crippen LogP contribution in [0.2, 0.25) is 5.02 Å². The maximum absolute atomic E-state index is 11.2. The lowest BCUT2D eigenvalue weighted by Gasteiger charge is -2.63. The Bertz CT molecular complexity index is 589. The number of amides is 1. The van der Waals surface area contributed by atoms with E-state index in [9.17, 15) is 4.79 Å². The molecule has 0 radical (unpaired) electrons. The van der Waals surface area contributed by atoms with Gasteiger partial charge in [0.15, 0.2) is 0 Å². The monoisotopic (exact) mass is 323 g/mol. The smallest absolute Gasteiger partial charge is 0.250 e. The van der Waals surface area contributed by atoms with Gasteiger partial charge in [-0.15, -0.1) is 0 Å². The highest BCUT2D eigenvalue weighted by molar-refractivity contribution is 6.33. The van der Waals surface area contributed by atoms with Gasteiger partial charge in [-0.3, -0.25) is 4.79 Å². The van der Waals surface area contributed by atoms with Crippen molar-refractivity contribution >= 4 is 23.3 Å². The van der Waals surface area contributed by atoms with Gasteiger partial charge in [-0.25, -0.2) is 4.98 Å². The summed E-state index contributed by atoms with van der Waals surface area (Å²) in [4.78, 5) is 17.7. The zero-order chi connectivity index (χ0) is 15.9. The van der Waals surface area contributed by atoms with Crippen LogP contribution in [0, 0.1) is 5.41 Å². The fourth-order valence-corrected chi connectivity index (χ4v) is 4.22. The quantitative estimate of drug-likeness (QED) is 0.904. The SMILES string of the molecule is CCOC1CC(N(C)c2ncc(C(N)=O)cc2Cl)C12CCC2. The van der Waals surface area contributed by atoms with E-state index in [-0.39, 0.29) is 5.41 Å². The molecule has 2 saturated carbocycles. The first kappa shape index (κ1) is 15.6. The van der Waals surface area contributed by atoms with E-state index in [2.05, 4.69) is 9.88 Å². The predicted molar refractivity (Wildman–Crippen MR) is 86.3 cm³/mol. The third-order valence-corrected chi connectivity index (χ3v) is 5.58. The van der Waals surface area contributed by atoms with Gasteiger partial charge >= 0.3 is 0 Å². The number of hydrogen-bond acceptors (Lipinski definition) is 4. The maximum Gasteiger partial charge on any atom is 0.250 e. The van der Waals surface area contributed by atoms with Gasteiger partial charge < -0.3 is 15.4 Å². The molecule has 2 aliphatic rings. The molecule has 1 spiro atoms. The number of primary amides is 1. The summed E-state index contributed by atoms with van der Waals surface area (Å²) in [5, 5.41) is 0.466. The van der Waals surface area contributed by atoms with Crippen molar-refractivity contribution in [3.8, 4) is 0 Å². The highest BCUT2D eigenvalue weighted by Gasteiger charge is 2.60. The predicted octanol–water partition coefficient (Wildman–Crippen LogP) is 2.62. The Hall–Kier alpha value is -1.33. The third kappa shape index (κ3) is 2.27. The molecule has 2 N–H and O–H groups in total. The van der Waals surface area contributed by atoms with E-state index in [0.717, 1.165) is 13.0 Å². The van der Waals surface area contributed by atoms with Gasteiger partial charge in [0, 0.05) is 31.3 Å². The molecule has 2 unspecified atom stereocenters. The lowest BCUT2D eigenvalue weighted by molar-refractivity contribution is -0.164. The molecule has 0 saturated heterocycles. The van der Waals surface area contributed by atoms with Gasteiger partial charge in [0.05, 0.1) is 16.7 Å². The summed E-state index contributed by atoms with van der Waals surface area (Å²) in [5.41, 5.74) is 5.85. The molecule has 1 heterocycles. The number of aromatic nitrogens is 1. The average molecular weight is 324 g/mol. The number of pyridine rings is 1. The highest BCUT2D eigenvalue weighted by Crippen LogP contribution is 2.59. The Labute approximate surface area is 135 Å². The molecular formula is C16H22ClN3O2. The normalized spacial score (nSPS) is 25.4. The molecule has 2 atom stereocenters. The van der Waals surface area contributed by atoms with Gasteiger partial charge in [0.25, 0.3) is 0 Å². The fraction of sp³-hybridized carbons (Fsp3) is 0.625. The fourth-order valence-electron chi connectivity index (χ4n) is 3.92. The number of ether oxygens (including phenoxy) is 1. The molecule has 22 heavy (non-hydrogen) atoms. The Morgan fingerprint density at radius 3 is 2.82 bits per heavy atom. The second-order valence-corrected chi connectivity index (χ2v) is 6.69. The molecule has 1 amide bonds. The van der Waals surface area contributed by atoms with Gasteiger partial charge in [-0.05, 0) is 32.3 Å². The molecule has 1 aromatic rings. The van der Waals surface area contributed by atoms with Gasteiger partial charge in [0.2, 0.25) is 5.91 Å². The van der Waals surface area contributed by atoms with E-state index >= 15 is 0 Å². The molecule has 2 fully saturated rings. The number of nitrogens with two attached hydrogens (primary N) is 1. The van der Waals surface area contributed by atoms with Crippen LogP contribution in [0.15, 0.2) is 12.3 Å². The molecule has 2 aliphatic carbocycles. The average Bonchev–Trinajstić information content (AvgIpc) is 2.40. The first-order chi connectivity index (χ1) is 10.5. The van der Waals surface area contributed by atoms with E-state index in [1.807, 2.05) is 14.0 Å². The standard InChI is InChI=1S/C16H22ClN3O2/c1-3-22-13-8-12(16(13)5-4-6-16)20(2)15-11(17)7-10(9-19-15)14(18)21/h7,9,12-13H,3-6,8H2,1-2H3,(H2,18,21). The van der Waals surface area contributed by atoms with Crippen LogP contribution in [0.5, 0.6) is 0 Å². The second kappa shape index (κ2) is 5.70. The number of halogens is 1. The number of hydrogen-bond donors (Lipinski definition) is 1. The minimum Gasteiger partial charge on any atom is -0.378 e. The summed E-state index contributed by atoms with van der Waals surface area (Å²) in [6.07, 6.45) is 6.50. The summed E-state index contributed by atoms with van der Waals surface area (Å²) >= 11 is 6.30. The van der Waals surface area contributed by atoms with Crippen molar-refractivity contribution in [2.75, 3.05) is 18.6 Å². The zero-order valence-electron chi connectivity index (χ0n) is 13.0. The summed E-state index contributed by atoms with van der Waals surface area (Å²) < 4.78 is 5.89. The zero-order valence-corrected chi connectivity index (χ0v) is 13.8. The van der Waals surface area contributed by atoms with Crippen molar-refractivity contribution in [3.63, 3.8) is 0 Å². The van der Waals surface area contributed by atoms with Crippen LogP contribution >= 0.6 is 11.6 Å². The van der Waals surface area contributed by atoms with Crippen LogP contribution < -0.4 is 10.6 Å². The van der Waals surface area contributed by atoms with Crippen molar-refractivity contribution in [2.24, 2.45) is 11.1 Å². The lowest BCUT2D eigenvalue weighted by atomic mass is 9.50. The van der Waals surface area contributed by atoms with Crippen LogP contribution in [-0.4, -0.2) is 36.7 Å². The Balaban J connectivity index is 1.80. The van der Waals surface area contributed by atoms with Crippen LogP contribution in [0.4, 0.5) is 5.82 Å². The first-order valence-corrected chi connectivity index (χ1v) is 8.17. The van der Waals surface area contributed by atoms with Gasteiger partial charge in [0.1, 0.15) is 5.82 Å². The van der Waals surface area contributed by atoms with Crippen molar-refractivity contribution in [3.05, 3.63) is 22.8 Å². The molecule has 0 bridgehead atoms. The van der Waals surface area contributed by atoms with Crippen molar-refractivity contribution in [1.82, 2.24) is 4.98 Å². The number of anilines is 1. The molecular weight excluding hydrogens is 302 g/mol. The topological polar surface area (TPSA) is 68.4 Å². The molecule has 0 aliphatic heterocycles. The van der Waals surface area contributed by atoms with E-state index < -0.39 is 5.91 Å². The Morgan fingerprint density at radius 2 is 2.32 bits per heavy atom. The van der Waals surface area contributed by atoms with Crippen LogP contribution in [0.1, 0.15) is 43.0 Å². The summed E-state index contributed by atoms with van der Waals surface area (Å²) in [5.74, 6) is 0.192. The number of nitrogens with zero attached hydrogens (tertiary/aromatic N) is 2. The van der Waals surface area contributed by atoms with E-state index in [1.54, 1.807) is 6.07 Å². The second-order valence-electron chi connectivity index (χ2n) is 6.29. The molecule has 1 aromatic heterocycles. The Morgan fingerprint density at radius 1 is 1.59 bits per heavy atom. The van der Waals surface area contributed by atoms with E-state index in [4.69, 9.17) is 22.1 Å². The van der Waals surface area contributed by atoms with Crippen LogP contribution in [-0.2, 0) is 4.74 Å². The first-order valence-electron chi connectivity index (χ1n) is 7.79. The van der Waals surface area contributed by atoms with Crippen molar-refractivity contribution in [1.29, 1.82) is 0 Å². The Kier molecular flexibility index (Phi) is 4.03. The van der Waals surface area contributed by atoms with Crippen LogP contribution in [0.25, 0.3) is 0 Å². The molecule has 5 nitrogen and oxygen atoms in total. The number of carbonyl (C=O) groups excluding carboxylic acids is 1. The van der Waals surface area contributed by atoms with Crippen LogP contribution in [0.3, 0.4) is 0 Å². The minimum atomic E-state index is -0.515. The summed E-state index contributed by atoms with van der Waals surface area (Å²) in [7, 11) is 2.02. The number of rotatable bonds is 5. The summed E-state index contributed by atoms with van der Waals surface area (Å²) in [6, 6.07) is 1.98. The summed E-state index contributed by atoms with van der Waals surface area (Å²) in [6.45, 7) is 2.81. The van der Waals surface area contributed by atoms with Gasteiger partial charge in [-0.2, -0.15) is 0 Å². The third-order valence-electron chi connectivity index (χ3n) is 5.30. The lowest BCUT2D eigenvalue weighted by Crippen LogP contribution is -2.67. The molecule has 3 rings (SSSR count). The largest absolute Gasteiger partial charge is 0.378 e. The van der Waals surface area contributed by atoms with Gasteiger partial charge in [-0.1, -0.05) is 18.0 Å². The van der Waals surface area contributed by atoms with Crippen molar-refractivity contribution < 1.29 is 9.53 Å². The molecule has 120 valence electrons. The molecule has 0 aromatic carbocycles. The minimum absolute atomic E-state index is 0.248. The highest BCUT2D eigenvalue weighted by atomic mass is 35.5.